The molecule has 1 aliphatic heterocycles. The van der Waals surface area contributed by atoms with E-state index >= 15 is 0 Å². The molecule has 1 aliphatic rings. The van der Waals surface area contributed by atoms with Crippen LogP contribution in [0.5, 0.6) is 0 Å². The van der Waals surface area contributed by atoms with E-state index in [4.69, 9.17) is 0 Å². The number of rotatable bonds is 7. The molecule has 164 valence electrons. The molecule has 0 spiro atoms. The summed E-state index contributed by atoms with van der Waals surface area (Å²) >= 11 is 0. The maximum absolute atomic E-state index is 12.9. The van der Waals surface area contributed by atoms with Crippen LogP contribution in [0.3, 0.4) is 0 Å². The zero-order chi connectivity index (χ0) is 22.7. The lowest BCUT2D eigenvalue weighted by Gasteiger charge is -2.19. The van der Waals surface area contributed by atoms with Crippen molar-refractivity contribution in [1.29, 1.82) is 0 Å². The Hall–Kier alpha value is -3.02. The zero-order valence-corrected chi connectivity index (χ0v) is 16.2. The summed E-state index contributed by atoms with van der Waals surface area (Å²) in [5, 5.41) is 6.28. The van der Waals surface area contributed by atoms with Crippen LogP contribution in [-0.4, -0.2) is 35.5 Å². The van der Waals surface area contributed by atoms with Gasteiger partial charge in [0.25, 0.3) is 5.88 Å². The minimum absolute atomic E-state index is 0.0278. The number of nitrogens with zero attached hydrogens (tertiary/aromatic N) is 1. The molecule has 4 N–H and O–H groups in total. The highest BCUT2D eigenvalue weighted by atomic mass is 19.4. The monoisotopic (exact) mass is 435 g/mol. The molecular formula is C18H20F5N4O3+. The Morgan fingerprint density at radius 3 is 2.47 bits per heavy atom. The summed E-state index contributed by atoms with van der Waals surface area (Å²) in [5.41, 5.74) is 1.28. The Balaban J connectivity index is 1.94. The van der Waals surface area contributed by atoms with E-state index in [2.05, 4.69) is 20.4 Å². The minimum Gasteiger partial charge on any atom is -0.445 e. The molecule has 30 heavy (non-hydrogen) atoms. The molecular weight excluding hydrogens is 415 g/mol. The Morgan fingerprint density at radius 1 is 1.20 bits per heavy atom. The van der Waals surface area contributed by atoms with Crippen LogP contribution in [0.15, 0.2) is 35.9 Å². The predicted octanol–water partition coefficient (Wildman–Crippen LogP) is 2.04. The van der Waals surface area contributed by atoms with Gasteiger partial charge in [-0.1, -0.05) is 0 Å². The van der Waals surface area contributed by atoms with Gasteiger partial charge >= 0.3 is 18.0 Å². The van der Waals surface area contributed by atoms with Crippen LogP contribution in [0.1, 0.15) is 31.1 Å². The van der Waals surface area contributed by atoms with Crippen molar-refractivity contribution in [2.75, 3.05) is 11.9 Å². The third-order valence-corrected chi connectivity index (χ3v) is 3.95. The van der Waals surface area contributed by atoms with Gasteiger partial charge in [-0.15, -0.1) is 0 Å². The lowest BCUT2D eigenvalue weighted by Crippen LogP contribution is -2.81. The number of allylic oxidation sites excluding steroid dienone is 2. The first-order valence-electron chi connectivity index (χ1n) is 8.69. The smallest absolute Gasteiger partial charge is 0.445 e. The number of carbonyl (C=O) groups is 2. The van der Waals surface area contributed by atoms with Crippen LogP contribution >= 0.6 is 0 Å². The number of anilines is 1. The standard InChI is InChI=1S/C18H19F5N4O3/c1-9-6-12(7-14(24-9)26-11(3)28)10(2)25-16(29)13-4-5-15(27-13)30-8-17(19,20)18(21,22)23/h4-7,10,27H,8H2,1-3H3,(H,25,29)(H,24,26,28)/p+1. The largest absolute Gasteiger partial charge is 0.456 e. The van der Waals surface area contributed by atoms with Crippen molar-refractivity contribution in [3.8, 4) is 0 Å². The summed E-state index contributed by atoms with van der Waals surface area (Å²) in [6.45, 7) is 2.82. The highest BCUT2D eigenvalue weighted by Gasteiger charge is 2.58. The van der Waals surface area contributed by atoms with Crippen LogP contribution in [0.4, 0.5) is 27.8 Å². The number of alkyl halides is 5. The number of carbonyl (C=O) groups excluding carboxylic acids is 2. The third-order valence-electron chi connectivity index (χ3n) is 3.95. The van der Waals surface area contributed by atoms with E-state index in [1.165, 1.54) is 13.0 Å². The zero-order valence-electron chi connectivity index (χ0n) is 16.2. The van der Waals surface area contributed by atoms with Gasteiger partial charge in [-0.2, -0.15) is 22.0 Å². The van der Waals surface area contributed by atoms with Crippen molar-refractivity contribution >= 4 is 17.6 Å². The highest BCUT2D eigenvalue weighted by Crippen LogP contribution is 2.35. The van der Waals surface area contributed by atoms with Gasteiger partial charge in [0, 0.05) is 24.8 Å². The molecule has 0 bridgehead atoms. The van der Waals surface area contributed by atoms with E-state index in [1.54, 1.807) is 26.0 Å². The van der Waals surface area contributed by atoms with Gasteiger partial charge in [-0.25, -0.2) is 10.3 Å². The van der Waals surface area contributed by atoms with Crippen LogP contribution in [0, 0.1) is 6.92 Å². The second-order valence-corrected chi connectivity index (χ2v) is 6.63. The first-order chi connectivity index (χ1) is 13.8. The van der Waals surface area contributed by atoms with E-state index in [1.807, 2.05) is 0 Å². The summed E-state index contributed by atoms with van der Waals surface area (Å²) in [7, 11) is 0. The summed E-state index contributed by atoms with van der Waals surface area (Å²) in [6.07, 6.45) is -3.37. The maximum Gasteiger partial charge on any atom is 0.456 e. The average Bonchev–Trinajstić information content (AvgIpc) is 3.07. The molecule has 1 aromatic heterocycles. The highest BCUT2D eigenvalue weighted by molar-refractivity contribution is 5.91. The van der Waals surface area contributed by atoms with Gasteiger partial charge in [0.05, 0.1) is 6.04 Å². The number of ether oxygens (including phenoxy) is 1. The van der Waals surface area contributed by atoms with Crippen LogP contribution in [-0.2, 0) is 14.3 Å². The Morgan fingerprint density at radius 2 is 1.87 bits per heavy atom. The molecule has 2 rings (SSSR count). The molecule has 2 amide bonds. The van der Waals surface area contributed by atoms with E-state index in [9.17, 15) is 31.5 Å². The minimum atomic E-state index is -5.73. The number of pyridine rings is 1. The molecule has 1 aromatic rings. The molecule has 0 fully saturated rings. The summed E-state index contributed by atoms with van der Waals surface area (Å²) in [4.78, 5) is 27.7. The van der Waals surface area contributed by atoms with Crippen molar-refractivity contribution in [2.24, 2.45) is 0 Å². The molecule has 0 aromatic carbocycles. The Labute approximate surface area is 168 Å². The maximum atomic E-state index is 12.9. The molecule has 0 radical (unpaired) electrons. The van der Waals surface area contributed by atoms with Crippen LogP contribution < -0.4 is 16.0 Å². The van der Waals surface area contributed by atoms with Crippen LogP contribution in [0.25, 0.3) is 0 Å². The number of quaternary nitrogens is 1. The van der Waals surface area contributed by atoms with E-state index in [0.29, 0.717) is 17.1 Å². The average molecular weight is 435 g/mol. The summed E-state index contributed by atoms with van der Waals surface area (Å²) in [5.74, 6) is -5.88. The lowest BCUT2D eigenvalue weighted by molar-refractivity contribution is -0.577. The first-order valence-corrected chi connectivity index (χ1v) is 8.69. The van der Waals surface area contributed by atoms with Gasteiger partial charge in [0.2, 0.25) is 11.6 Å². The van der Waals surface area contributed by atoms with Gasteiger partial charge in [0.1, 0.15) is 5.82 Å². The van der Waals surface area contributed by atoms with Gasteiger partial charge in [0.15, 0.2) is 6.61 Å². The number of nitrogens with two attached hydrogens (primary N) is 1. The van der Waals surface area contributed by atoms with E-state index < -0.39 is 30.7 Å². The molecule has 0 saturated heterocycles. The molecule has 1 unspecified atom stereocenters. The normalized spacial score (nSPS) is 15.2. The van der Waals surface area contributed by atoms with E-state index in [-0.39, 0.29) is 17.5 Å². The van der Waals surface area contributed by atoms with Gasteiger partial charge in [-0.3, -0.25) is 9.59 Å². The number of aromatic nitrogens is 1. The second-order valence-electron chi connectivity index (χ2n) is 6.63. The molecule has 0 aliphatic carbocycles. The summed E-state index contributed by atoms with van der Waals surface area (Å²) in [6, 6.07) is 2.77. The topological polar surface area (TPSA) is 96.9 Å². The van der Waals surface area contributed by atoms with Gasteiger partial charge in [-0.05, 0) is 31.5 Å². The molecule has 2 heterocycles. The molecule has 0 saturated carbocycles. The number of nitrogens with one attached hydrogen (secondary N) is 2. The van der Waals surface area contributed by atoms with Gasteiger partial charge < -0.3 is 15.4 Å². The SMILES string of the molecule is CC(=O)Nc1cc(C(C)NC(=O)C2=CC=C(OCC(F)(F)C(F)(F)F)[NH2+]2)cc(C)n1. The van der Waals surface area contributed by atoms with Crippen molar-refractivity contribution in [2.45, 2.75) is 38.9 Å². The molecule has 1 atom stereocenters. The lowest BCUT2D eigenvalue weighted by atomic mass is 10.1. The van der Waals surface area contributed by atoms with Crippen molar-refractivity contribution in [3.63, 3.8) is 0 Å². The summed E-state index contributed by atoms with van der Waals surface area (Å²) < 4.78 is 66.9. The van der Waals surface area contributed by atoms with E-state index in [0.717, 1.165) is 11.4 Å². The molecule has 7 nitrogen and oxygen atoms in total. The van der Waals surface area contributed by atoms with Crippen molar-refractivity contribution in [3.05, 3.63) is 47.1 Å². The number of hydrogen-bond acceptors (Lipinski definition) is 4. The number of amides is 2. The number of aryl methyl sites for hydroxylation is 1. The first kappa shape index (κ1) is 23.3. The molecule has 12 heteroatoms. The fourth-order valence-corrected chi connectivity index (χ4v) is 2.46. The third kappa shape index (κ3) is 5.99. The van der Waals surface area contributed by atoms with Crippen molar-refractivity contribution < 1.29 is 41.6 Å². The fourth-order valence-electron chi connectivity index (χ4n) is 2.46. The number of halogens is 5. The Kier molecular flexibility index (Phi) is 6.80. The van der Waals surface area contributed by atoms with Crippen LogP contribution in [0.2, 0.25) is 0 Å². The quantitative estimate of drug-likeness (QED) is 0.571. The van der Waals surface area contributed by atoms with Crippen molar-refractivity contribution in [1.82, 2.24) is 10.3 Å². The predicted molar refractivity (Wildman–Crippen MR) is 94.9 cm³/mol. The fraction of sp³-hybridized carbons (Fsp3) is 0.389. The second kappa shape index (κ2) is 8.78. The number of hydrogen-bond donors (Lipinski definition) is 3. The Bertz CT molecular complexity index is 896.